The summed E-state index contributed by atoms with van der Waals surface area (Å²) in [6.45, 7) is 1.86. The van der Waals surface area contributed by atoms with E-state index >= 15 is 0 Å². The van der Waals surface area contributed by atoms with Crippen molar-refractivity contribution in [1.82, 2.24) is 4.98 Å². The average molecular weight is 350 g/mol. The second kappa shape index (κ2) is 6.43. The van der Waals surface area contributed by atoms with Gasteiger partial charge in [-0.15, -0.1) is 0 Å². The minimum absolute atomic E-state index is 0.186. The Kier molecular flexibility index (Phi) is 4.39. The van der Waals surface area contributed by atoms with E-state index in [4.69, 9.17) is 0 Å². The molecule has 0 spiro atoms. The molecule has 0 bridgehead atoms. The Balaban J connectivity index is 1.58. The molecular weight excluding hydrogens is 333 g/mol. The maximum Gasteiger partial charge on any atom is 0.146 e. The molecule has 0 radical (unpaired) electrons. The molecule has 2 aromatic rings. The highest BCUT2D eigenvalue weighted by Crippen LogP contribution is 2.22. The Morgan fingerprint density at radius 2 is 1.90 bits per heavy atom. The Morgan fingerprint density at radius 1 is 1.14 bits per heavy atom. The largest absolute Gasteiger partial charge is 0.380 e. The number of para-hydroxylation sites is 1. The molecule has 1 aromatic carbocycles. The fourth-order valence-electron chi connectivity index (χ4n) is 2.61. The topological polar surface area (TPSA) is 28.2 Å². The maximum absolute atomic E-state index is 13.6. The first-order chi connectivity index (χ1) is 10.2. The van der Waals surface area contributed by atoms with Crippen LogP contribution in [0.2, 0.25) is 0 Å². The van der Waals surface area contributed by atoms with Crippen molar-refractivity contribution in [3.63, 3.8) is 0 Å². The fourth-order valence-corrected chi connectivity index (χ4v) is 2.84. The summed E-state index contributed by atoms with van der Waals surface area (Å²) in [5, 5.41) is 3.30. The van der Waals surface area contributed by atoms with Crippen LogP contribution in [-0.4, -0.2) is 24.1 Å². The van der Waals surface area contributed by atoms with Crippen molar-refractivity contribution in [2.24, 2.45) is 0 Å². The van der Waals surface area contributed by atoms with Crippen LogP contribution in [0.25, 0.3) is 0 Å². The zero-order valence-corrected chi connectivity index (χ0v) is 13.2. The van der Waals surface area contributed by atoms with Gasteiger partial charge in [-0.25, -0.2) is 9.37 Å². The van der Waals surface area contributed by atoms with Gasteiger partial charge in [-0.05, 0) is 53.0 Å². The summed E-state index contributed by atoms with van der Waals surface area (Å²) in [6.07, 6.45) is 3.77. The lowest BCUT2D eigenvalue weighted by Gasteiger charge is -2.33. The summed E-state index contributed by atoms with van der Waals surface area (Å²) in [5.74, 6) is 0.817. The second-order valence-corrected chi connectivity index (χ2v) is 6.14. The number of halogens is 2. The number of aromatic nitrogens is 1. The van der Waals surface area contributed by atoms with E-state index in [0.29, 0.717) is 11.7 Å². The first kappa shape index (κ1) is 14.3. The van der Waals surface area contributed by atoms with Crippen molar-refractivity contribution in [3.8, 4) is 0 Å². The summed E-state index contributed by atoms with van der Waals surface area (Å²) >= 11 is 3.40. The van der Waals surface area contributed by atoms with Crippen molar-refractivity contribution in [2.45, 2.75) is 18.9 Å². The molecule has 1 fully saturated rings. The van der Waals surface area contributed by atoms with Crippen LogP contribution in [0.5, 0.6) is 0 Å². The number of benzene rings is 1. The number of pyridine rings is 1. The van der Waals surface area contributed by atoms with E-state index in [1.807, 2.05) is 24.4 Å². The summed E-state index contributed by atoms with van der Waals surface area (Å²) < 4.78 is 14.6. The summed E-state index contributed by atoms with van der Waals surface area (Å²) in [5.41, 5.74) is 0.595. The van der Waals surface area contributed by atoms with Gasteiger partial charge in [-0.2, -0.15) is 0 Å². The lowest BCUT2D eigenvalue weighted by Crippen LogP contribution is -2.39. The summed E-state index contributed by atoms with van der Waals surface area (Å²) in [4.78, 5) is 6.69. The molecule has 3 nitrogen and oxygen atoms in total. The van der Waals surface area contributed by atoms with E-state index in [9.17, 15) is 4.39 Å². The molecular formula is C16H17BrFN3. The third-order valence-corrected chi connectivity index (χ3v) is 4.23. The molecule has 21 heavy (non-hydrogen) atoms. The van der Waals surface area contributed by atoms with Crippen molar-refractivity contribution in [2.75, 3.05) is 23.3 Å². The van der Waals surface area contributed by atoms with Gasteiger partial charge in [-0.1, -0.05) is 12.1 Å². The molecule has 1 saturated heterocycles. The number of anilines is 2. The van der Waals surface area contributed by atoms with E-state index in [1.165, 1.54) is 6.07 Å². The molecule has 1 aliphatic rings. The Labute approximate surface area is 132 Å². The zero-order valence-electron chi connectivity index (χ0n) is 11.6. The standard InChI is InChI=1S/C16H17BrFN3/c17-12-5-6-16(19-11-12)21-9-7-13(8-10-21)20-15-4-2-1-3-14(15)18/h1-6,11,13,20H,7-10H2. The zero-order chi connectivity index (χ0) is 14.7. The lowest BCUT2D eigenvalue weighted by molar-refractivity contribution is 0.519. The van der Waals surface area contributed by atoms with Crippen LogP contribution in [0.4, 0.5) is 15.9 Å². The number of nitrogens with zero attached hydrogens (tertiary/aromatic N) is 2. The van der Waals surface area contributed by atoms with Crippen molar-refractivity contribution in [3.05, 3.63) is 52.9 Å². The van der Waals surface area contributed by atoms with Crippen molar-refractivity contribution in [1.29, 1.82) is 0 Å². The first-order valence-electron chi connectivity index (χ1n) is 7.10. The van der Waals surface area contributed by atoms with Gasteiger partial charge in [-0.3, -0.25) is 0 Å². The lowest BCUT2D eigenvalue weighted by atomic mass is 10.0. The van der Waals surface area contributed by atoms with Gasteiger partial charge < -0.3 is 10.2 Å². The molecule has 0 unspecified atom stereocenters. The van der Waals surface area contributed by atoms with Gasteiger partial charge in [0.1, 0.15) is 11.6 Å². The Bertz CT molecular complexity index is 595. The van der Waals surface area contributed by atoms with E-state index in [2.05, 4.69) is 31.1 Å². The minimum atomic E-state index is -0.186. The molecule has 0 aliphatic carbocycles. The molecule has 1 N–H and O–H groups in total. The van der Waals surface area contributed by atoms with E-state index < -0.39 is 0 Å². The Hall–Kier alpha value is -1.62. The number of hydrogen-bond acceptors (Lipinski definition) is 3. The first-order valence-corrected chi connectivity index (χ1v) is 7.89. The average Bonchev–Trinajstić information content (AvgIpc) is 2.51. The molecule has 0 atom stereocenters. The minimum Gasteiger partial charge on any atom is -0.380 e. The highest BCUT2D eigenvalue weighted by Gasteiger charge is 2.20. The van der Waals surface area contributed by atoms with Crippen LogP contribution < -0.4 is 10.2 Å². The van der Waals surface area contributed by atoms with Crippen LogP contribution in [0, 0.1) is 5.82 Å². The van der Waals surface area contributed by atoms with Crippen molar-refractivity contribution < 1.29 is 4.39 Å². The van der Waals surface area contributed by atoms with Gasteiger partial charge in [0.25, 0.3) is 0 Å². The van der Waals surface area contributed by atoms with Gasteiger partial charge in [0, 0.05) is 29.8 Å². The molecule has 110 valence electrons. The van der Waals surface area contributed by atoms with Gasteiger partial charge in [0.15, 0.2) is 0 Å². The third-order valence-electron chi connectivity index (χ3n) is 3.76. The normalized spacial score (nSPS) is 16.0. The quantitative estimate of drug-likeness (QED) is 0.905. The maximum atomic E-state index is 13.6. The third kappa shape index (κ3) is 3.53. The van der Waals surface area contributed by atoms with Crippen molar-refractivity contribution >= 4 is 27.4 Å². The Morgan fingerprint density at radius 3 is 2.57 bits per heavy atom. The molecule has 5 heteroatoms. The number of rotatable bonds is 3. The second-order valence-electron chi connectivity index (χ2n) is 5.22. The fraction of sp³-hybridized carbons (Fsp3) is 0.312. The van der Waals surface area contributed by atoms with Crippen LogP contribution in [-0.2, 0) is 0 Å². The van der Waals surface area contributed by atoms with Gasteiger partial charge in [0.05, 0.1) is 5.69 Å². The van der Waals surface area contributed by atoms with Crippen LogP contribution in [0.3, 0.4) is 0 Å². The smallest absolute Gasteiger partial charge is 0.146 e. The highest BCUT2D eigenvalue weighted by molar-refractivity contribution is 9.10. The number of piperidine rings is 1. The summed E-state index contributed by atoms with van der Waals surface area (Å²) in [7, 11) is 0. The summed E-state index contributed by atoms with van der Waals surface area (Å²) in [6, 6.07) is 11.2. The van der Waals surface area contributed by atoms with E-state index in [0.717, 1.165) is 36.2 Å². The van der Waals surface area contributed by atoms with Gasteiger partial charge >= 0.3 is 0 Å². The number of nitrogens with one attached hydrogen (secondary N) is 1. The predicted molar refractivity (Wildman–Crippen MR) is 87.2 cm³/mol. The molecule has 0 saturated carbocycles. The molecule has 1 aliphatic heterocycles. The highest BCUT2D eigenvalue weighted by atomic mass is 79.9. The molecule has 3 rings (SSSR count). The molecule has 0 amide bonds. The van der Waals surface area contributed by atoms with E-state index in [-0.39, 0.29) is 5.82 Å². The van der Waals surface area contributed by atoms with Gasteiger partial charge in [0.2, 0.25) is 0 Å². The van der Waals surface area contributed by atoms with E-state index in [1.54, 1.807) is 12.1 Å². The number of hydrogen-bond donors (Lipinski definition) is 1. The SMILES string of the molecule is Fc1ccccc1NC1CCN(c2ccc(Br)cn2)CC1. The molecule has 2 heterocycles. The van der Waals surface area contributed by atoms with Crippen LogP contribution in [0.1, 0.15) is 12.8 Å². The van der Waals surface area contributed by atoms with Crippen LogP contribution >= 0.6 is 15.9 Å². The monoisotopic (exact) mass is 349 g/mol. The van der Waals surface area contributed by atoms with Crippen LogP contribution in [0.15, 0.2) is 47.1 Å². The molecule has 1 aromatic heterocycles. The predicted octanol–water partition coefficient (Wildman–Crippen LogP) is 4.06.